The standard InChI is InChI=1S/C8H9ClN2/c1-3-10-7-4-5-8(9)11-6(7)2/h3-6H,1H2,2H3. The maximum absolute atomic E-state index is 5.66. The van der Waals surface area contributed by atoms with E-state index < -0.39 is 0 Å². The van der Waals surface area contributed by atoms with Gasteiger partial charge in [-0.05, 0) is 19.1 Å². The molecule has 1 heterocycles. The van der Waals surface area contributed by atoms with Crippen LogP contribution in [0.1, 0.15) is 6.92 Å². The van der Waals surface area contributed by atoms with E-state index in [1.807, 2.05) is 13.0 Å². The molecule has 0 fully saturated rings. The van der Waals surface area contributed by atoms with Crippen molar-refractivity contribution in [1.82, 2.24) is 0 Å². The van der Waals surface area contributed by atoms with E-state index in [4.69, 9.17) is 11.6 Å². The second-order valence-corrected chi connectivity index (χ2v) is 2.58. The Labute approximate surface area is 71.0 Å². The van der Waals surface area contributed by atoms with Crippen molar-refractivity contribution in [2.75, 3.05) is 0 Å². The Morgan fingerprint density at radius 3 is 3.00 bits per heavy atom. The lowest BCUT2D eigenvalue weighted by Gasteiger charge is -2.09. The molecule has 1 rings (SSSR count). The third-order valence-electron chi connectivity index (χ3n) is 1.38. The predicted molar refractivity (Wildman–Crippen MR) is 49.5 cm³/mol. The molecule has 0 bridgehead atoms. The van der Waals surface area contributed by atoms with Gasteiger partial charge in [-0.1, -0.05) is 18.2 Å². The highest BCUT2D eigenvalue weighted by molar-refractivity contribution is 6.69. The quantitative estimate of drug-likeness (QED) is 0.574. The summed E-state index contributed by atoms with van der Waals surface area (Å²) in [6.07, 6.45) is 5.08. The maximum atomic E-state index is 5.66. The third-order valence-corrected chi connectivity index (χ3v) is 1.60. The Hall–Kier alpha value is -0.890. The van der Waals surface area contributed by atoms with Crippen LogP contribution in [0.2, 0.25) is 0 Å². The number of rotatable bonds is 1. The third kappa shape index (κ3) is 2.02. The number of hydrogen-bond acceptors (Lipinski definition) is 2. The average Bonchev–Trinajstić information content (AvgIpc) is 1.95. The van der Waals surface area contributed by atoms with E-state index in [-0.39, 0.29) is 6.04 Å². The van der Waals surface area contributed by atoms with Gasteiger partial charge in [0, 0.05) is 6.20 Å². The Kier molecular flexibility index (Phi) is 2.60. The molecular weight excluding hydrogens is 160 g/mol. The monoisotopic (exact) mass is 168 g/mol. The first kappa shape index (κ1) is 8.21. The Morgan fingerprint density at radius 2 is 2.45 bits per heavy atom. The molecule has 11 heavy (non-hydrogen) atoms. The van der Waals surface area contributed by atoms with Gasteiger partial charge in [0.1, 0.15) is 5.17 Å². The zero-order valence-corrected chi connectivity index (χ0v) is 7.04. The molecule has 1 aliphatic heterocycles. The lowest BCUT2D eigenvalue weighted by atomic mass is 10.1. The van der Waals surface area contributed by atoms with Crippen molar-refractivity contribution < 1.29 is 0 Å². The second-order valence-electron chi connectivity index (χ2n) is 2.20. The largest absolute Gasteiger partial charge is 0.264 e. The van der Waals surface area contributed by atoms with Crippen LogP contribution < -0.4 is 0 Å². The van der Waals surface area contributed by atoms with Crippen LogP contribution in [-0.4, -0.2) is 16.9 Å². The number of allylic oxidation sites excluding steroid dienone is 1. The van der Waals surface area contributed by atoms with E-state index in [1.165, 1.54) is 6.20 Å². The van der Waals surface area contributed by atoms with E-state index in [2.05, 4.69) is 16.6 Å². The molecule has 0 amide bonds. The highest BCUT2D eigenvalue weighted by Crippen LogP contribution is 2.06. The molecule has 0 aromatic heterocycles. The zero-order valence-electron chi connectivity index (χ0n) is 6.29. The molecule has 0 radical (unpaired) electrons. The summed E-state index contributed by atoms with van der Waals surface area (Å²) < 4.78 is 0. The van der Waals surface area contributed by atoms with Gasteiger partial charge < -0.3 is 0 Å². The Bertz CT molecular complexity index is 251. The molecule has 2 nitrogen and oxygen atoms in total. The molecule has 0 N–H and O–H groups in total. The van der Waals surface area contributed by atoms with Crippen LogP contribution in [0, 0.1) is 0 Å². The van der Waals surface area contributed by atoms with Crippen molar-refractivity contribution >= 4 is 22.5 Å². The van der Waals surface area contributed by atoms with Crippen LogP contribution in [0.3, 0.4) is 0 Å². The fourth-order valence-corrected chi connectivity index (χ4v) is 1.05. The van der Waals surface area contributed by atoms with Crippen LogP contribution in [0.15, 0.2) is 34.9 Å². The number of nitrogens with zero attached hydrogens (tertiary/aromatic N) is 2. The highest BCUT2D eigenvalue weighted by Gasteiger charge is 2.09. The van der Waals surface area contributed by atoms with Crippen LogP contribution >= 0.6 is 11.6 Å². The van der Waals surface area contributed by atoms with Gasteiger partial charge in [-0.3, -0.25) is 9.98 Å². The van der Waals surface area contributed by atoms with E-state index >= 15 is 0 Å². The lowest BCUT2D eigenvalue weighted by molar-refractivity contribution is 0.977. The van der Waals surface area contributed by atoms with E-state index in [9.17, 15) is 0 Å². The molecule has 0 aromatic rings. The van der Waals surface area contributed by atoms with Crippen LogP contribution in [0.25, 0.3) is 0 Å². The molecule has 1 unspecified atom stereocenters. The van der Waals surface area contributed by atoms with Gasteiger partial charge in [-0.25, -0.2) is 0 Å². The molecule has 1 atom stereocenters. The zero-order chi connectivity index (χ0) is 8.27. The average molecular weight is 169 g/mol. The molecule has 1 aliphatic rings. The molecule has 0 spiro atoms. The summed E-state index contributed by atoms with van der Waals surface area (Å²) in [5, 5.41) is 0.528. The SMILES string of the molecule is C=CN=C1C=CC(Cl)=NC1C. The van der Waals surface area contributed by atoms with Crippen molar-refractivity contribution in [2.24, 2.45) is 9.98 Å². The summed E-state index contributed by atoms with van der Waals surface area (Å²) in [5.74, 6) is 0. The van der Waals surface area contributed by atoms with Gasteiger partial charge in [0.2, 0.25) is 0 Å². The second kappa shape index (κ2) is 3.49. The summed E-state index contributed by atoms with van der Waals surface area (Å²) in [4.78, 5) is 8.13. The smallest absolute Gasteiger partial charge is 0.124 e. The first-order chi connectivity index (χ1) is 5.24. The molecule has 0 aliphatic carbocycles. The van der Waals surface area contributed by atoms with Gasteiger partial charge in [-0.15, -0.1) is 0 Å². The normalized spacial score (nSPS) is 26.9. The van der Waals surface area contributed by atoms with Crippen molar-refractivity contribution in [3.8, 4) is 0 Å². The Morgan fingerprint density at radius 1 is 1.73 bits per heavy atom. The summed E-state index contributed by atoms with van der Waals surface area (Å²) in [6, 6.07) is 0.0468. The number of dihydropyridines is 1. The fraction of sp³-hybridized carbons (Fsp3) is 0.250. The van der Waals surface area contributed by atoms with E-state index in [0.717, 1.165) is 5.71 Å². The fourth-order valence-electron chi connectivity index (χ4n) is 0.844. The van der Waals surface area contributed by atoms with Gasteiger partial charge in [0.15, 0.2) is 0 Å². The summed E-state index contributed by atoms with van der Waals surface area (Å²) in [5.41, 5.74) is 0.893. The van der Waals surface area contributed by atoms with Crippen molar-refractivity contribution in [1.29, 1.82) is 0 Å². The van der Waals surface area contributed by atoms with Gasteiger partial charge in [-0.2, -0.15) is 0 Å². The summed E-state index contributed by atoms with van der Waals surface area (Å²) >= 11 is 5.66. The van der Waals surface area contributed by atoms with Crippen LogP contribution in [0.4, 0.5) is 0 Å². The van der Waals surface area contributed by atoms with Crippen molar-refractivity contribution in [3.63, 3.8) is 0 Å². The van der Waals surface area contributed by atoms with Gasteiger partial charge in [0.05, 0.1) is 11.8 Å². The topological polar surface area (TPSA) is 24.7 Å². The van der Waals surface area contributed by atoms with Gasteiger partial charge >= 0.3 is 0 Å². The van der Waals surface area contributed by atoms with E-state index in [1.54, 1.807) is 6.08 Å². The maximum Gasteiger partial charge on any atom is 0.124 e. The number of aliphatic imine (C=N–C) groups is 2. The van der Waals surface area contributed by atoms with Crippen molar-refractivity contribution in [3.05, 3.63) is 24.9 Å². The van der Waals surface area contributed by atoms with Crippen molar-refractivity contribution in [2.45, 2.75) is 13.0 Å². The predicted octanol–water partition coefficient (Wildman–Crippen LogP) is 2.17. The molecule has 0 saturated heterocycles. The summed E-state index contributed by atoms with van der Waals surface area (Å²) in [6.45, 7) is 5.44. The van der Waals surface area contributed by atoms with Gasteiger partial charge in [0.25, 0.3) is 0 Å². The minimum atomic E-state index is 0.0468. The van der Waals surface area contributed by atoms with E-state index in [0.29, 0.717) is 5.17 Å². The minimum Gasteiger partial charge on any atom is -0.264 e. The lowest BCUT2D eigenvalue weighted by Crippen LogP contribution is -2.16. The molecule has 0 saturated carbocycles. The van der Waals surface area contributed by atoms with Crippen LogP contribution in [-0.2, 0) is 0 Å². The minimum absolute atomic E-state index is 0.0468. The molecule has 0 aromatic carbocycles. The van der Waals surface area contributed by atoms with Crippen LogP contribution in [0.5, 0.6) is 0 Å². The Balaban J connectivity index is 2.85. The highest BCUT2D eigenvalue weighted by atomic mass is 35.5. The summed E-state index contributed by atoms with van der Waals surface area (Å²) in [7, 11) is 0. The number of hydrogen-bond donors (Lipinski definition) is 0. The first-order valence-electron chi connectivity index (χ1n) is 3.34. The first-order valence-corrected chi connectivity index (χ1v) is 3.72. The number of halogens is 1. The molecular formula is C8H9ClN2. The molecule has 3 heteroatoms. The molecule has 58 valence electrons.